The molecule has 4 heteroatoms. The predicted molar refractivity (Wildman–Crippen MR) is 76.0 cm³/mol. The highest BCUT2D eigenvalue weighted by Crippen LogP contribution is 2.01. The molecule has 0 aromatic rings. The third-order valence-electron chi connectivity index (χ3n) is 3.27. The summed E-state index contributed by atoms with van der Waals surface area (Å²) in [7, 11) is 0. The smallest absolute Gasteiger partial charge is 0.304 e. The molecule has 0 aromatic heterocycles. The highest BCUT2D eigenvalue weighted by molar-refractivity contribution is 5.66. The quantitative estimate of drug-likeness (QED) is 0.546. The largest absolute Gasteiger partial charge is 0.481 e. The molecule has 0 aliphatic heterocycles. The van der Waals surface area contributed by atoms with Gasteiger partial charge in [0.1, 0.15) is 0 Å². The van der Waals surface area contributed by atoms with E-state index >= 15 is 0 Å². The SMILES string of the molecule is CCCN(CCCCN(CC)CC)CCC(=O)O. The topological polar surface area (TPSA) is 43.8 Å². The van der Waals surface area contributed by atoms with E-state index in [1.54, 1.807) is 0 Å². The van der Waals surface area contributed by atoms with Gasteiger partial charge in [0.15, 0.2) is 0 Å². The average molecular weight is 258 g/mol. The molecule has 0 rings (SSSR count). The maximum absolute atomic E-state index is 10.6. The van der Waals surface area contributed by atoms with Gasteiger partial charge in [-0.15, -0.1) is 0 Å². The van der Waals surface area contributed by atoms with Crippen LogP contribution in [0.4, 0.5) is 0 Å². The highest BCUT2D eigenvalue weighted by atomic mass is 16.4. The molecule has 0 saturated carbocycles. The van der Waals surface area contributed by atoms with Gasteiger partial charge in [0.2, 0.25) is 0 Å². The number of rotatable bonds is 12. The van der Waals surface area contributed by atoms with E-state index in [1.165, 1.54) is 6.42 Å². The number of hydrogen-bond acceptors (Lipinski definition) is 3. The van der Waals surface area contributed by atoms with Crippen LogP contribution in [0.25, 0.3) is 0 Å². The maximum atomic E-state index is 10.6. The van der Waals surface area contributed by atoms with E-state index in [0.29, 0.717) is 6.54 Å². The third kappa shape index (κ3) is 9.42. The molecule has 0 aliphatic rings. The zero-order valence-corrected chi connectivity index (χ0v) is 12.3. The highest BCUT2D eigenvalue weighted by Gasteiger charge is 2.06. The van der Waals surface area contributed by atoms with E-state index in [4.69, 9.17) is 5.11 Å². The average Bonchev–Trinajstić information content (AvgIpc) is 2.35. The molecule has 0 radical (unpaired) electrons. The van der Waals surface area contributed by atoms with Crippen molar-refractivity contribution in [2.24, 2.45) is 0 Å². The molecule has 1 N–H and O–H groups in total. The lowest BCUT2D eigenvalue weighted by Gasteiger charge is -2.22. The fourth-order valence-electron chi connectivity index (χ4n) is 2.12. The molecule has 0 aliphatic carbocycles. The summed E-state index contributed by atoms with van der Waals surface area (Å²) in [5.74, 6) is -0.695. The van der Waals surface area contributed by atoms with Crippen LogP contribution in [0.3, 0.4) is 0 Å². The van der Waals surface area contributed by atoms with Crippen molar-refractivity contribution in [3.05, 3.63) is 0 Å². The summed E-state index contributed by atoms with van der Waals surface area (Å²) in [6.07, 6.45) is 3.72. The lowest BCUT2D eigenvalue weighted by Crippen LogP contribution is -2.29. The van der Waals surface area contributed by atoms with Gasteiger partial charge >= 0.3 is 5.97 Å². The Morgan fingerprint density at radius 3 is 1.89 bits per heavy atom. The second kappa shape index (κ2) is 11.5. The van der Waals surface area contributed by atoms with Crippen LogP contribution in [0, 0.1) is 0 Å². The molecular weight excluding hydrogens is 228 g/mol. The Kier molecular flexibility index (Phi) is 11.1. The van der Waals surface area contributed by atoms with Gasteiger partial charge in [-0.05, 0) is 52.0 Å². The Bertz CT molecular complexity index is 206. The minimum absolute atomic E-state index is 0.260. The van der Waals surface area contributed by atoms with Crippen molar-refractivity contribution in [1.29, 1.82) is 0 Å². The molecule has 108 valence electrons. The Morgan fingerprint density at radius 2 is 1.44 bits per heavy atom. The van der Waals surface area contributed by atoms with Crippen LogP contribution in [-0.4, -0.2) is 60.1 Å². The van der Waals surface area contributed by atoms with Crippen LogP contribution < -0.4 is 0 Å². The standard InChI is InChI=1S/C14H30N2O2/c1-4-10-16(13-9-14(17)18)12-8-7-11-15(5-2)6-3/h4-13H2,1-3H3,(H,17,18). The first-order chi connectivity index (χ1) is 8.63. The number of carbonyl (C=O) groups is 1. The van der Waals surface area contributed by atoms with Crippen LogP contribution in [0.15, 0.2) is 0 Å². The van der Waals surface area contributed by atoms with Gasteiger partial charge in [-0.25, -0.2) is 0 Å². The second-order valence-electron chi connectivity index (χ2n) is 4.72. The molecule has 0 amide bonds. The van der Waals surface area contributed by atoms with Crippen LogP contribution in [0.1, 0.15) is 46.5 Å². The van der Waals surface area contributed by atoms with E-state index in [9.17, 15) is 4.79 Å². The van der Waals surface area contributed by atoms with E-state index in [2.05, 4.69) is 30.6 Å². The van der Waals surface area contributed by atoms with Gasteiger partial charge in [0, 0.05) is 6.54 Å². The summed E-state index contributed by atoms with van der Waals surface area (Å²) in [5.41, 5.74) is 0. The summed E-state index contributed by atoms with van der Waals surface area (Å²) < 4.78 is 0. The van der Waals surface area contributed by atoms with E-state index in [0.717, 1.165) is 45.6 Å². The first kappa shape index (κ1) is 17.4. The minimum atomic E-state index is -0.695. The molecule has 18 heavy (non-hydrogen) atoms. The Morgan fingerprint density at radius 1 is 0.889 bits per heavy atom. The fraction of sp³-hybridized carbons (Fsp3) is 0.929. The normalized spacial score (nSPS) is 11.4. The lowest BCUT2D eigenvalue weighted by atomic mass is 10.2. The number of nitrogens with zero attached hydrogens (tertiary/aromatic N) is 2. The minimum Gasteiger partial charge on any atom is -0.481 e. The van der Waals surface area contributed by atoms with E-state index in [-0.39, 0.29) is 6.42 Å². The van der Waals surface area contributed by atoms with Crippen molar-refractivity contribution in [2.75, 3.05) is 39.3 Å². The van der Waals surface area contributed by atoms with Gasteiger partial charge in [0.25, 0.3) is 0 Å². The molecule has 0 saturated heterocycles. The number of carboxylic acids is 1. The zero-order valence-electron chi connectivity index (χ0n) is 12.3. The van der Waals surface area contributed by atoms with Crippen molar-refractivity contribution in [3.63, 3.8) is 0 Å². The summed E-state index contributed by atoms with van der Waals surface area (Å²) in [4.78, 5) is 15.3. The zero-order chi connectivity index (χ0) is 13.8. The van der Waals surface area contributed by atoms with Crippen LogP contribution >= 0.6 is 0 Å². The molecule has 0 aromatic carbocycles. The Balaban J connectivity index is 3.71. The fourth-order valence-corrected chi connectivity index (χ4v) is 2.12. The summed E-state index contributed by atoms with van der Waals surface area (Å²) >= 11 is 0. The predicted octanol–water partition coefficient (Wildman–Crippen LogP) is 2.30. The lowest BCUT2D eigenvalue weighted by molar-refractivity contribution is -0.137. The first-order valence-electron chi connectivity index (χ1n) is 7.30. The van der Waals surface area contributed by atoms with Gasteiger partial charge < -0.3 is 14.9 Å². The number of unbranched alkanes of at least 4 members (excludes halogenated alkanes) is 1. The van der Waals surface area contributed by atoms with Crippen molar-refractivity contribution in [2.45, 2.75) is 46.5 Å². The second-order valence-corrected chi connectivity index (χ2v) is 4.72. The number of carboxylic acid groups (broad SMARTS) is 1. The monoisotopic (exact) mass is 258 g/mol. The maximum Gasteiger partial charge on any atom is 0.304 e. The van der Waals surface area contributed by atoms with Crippen molar-refractivity contribution >= 4 is 5.97 Å². The summed E-state index contributed by atoms with van der Waals surface area (Å²) in [6, 6.07) is 0. The van der Waals surface area contributed by atoms with Crippen LogP contribution in [0.5, 0.6) is 0 Å². The molecule has 4 nitrogen and oxygen atoms in total. The van der Waals surface area contributed by atoms with Crippen molar-refractivity contribution < 1.29 is 9.90 Å². The van der Waals surface area contributed by atoms with Gasteiger partial charge in [-0.1, -0.05) is 20.8 Å². The van der Waals surface area contributed by atoms with E-state index in [1.807, 2.05) is 0 Å². The molecule has 0 fully saturated rings. The van der Waals surface area contributed by atoms with Crippen molar-refractivity contribution in [3.8, 4) is 0 Å². The molecule has 0 heterocycles. The molecule has 0 atom stereocenters. The molecule has 0 bridgehead atoms. The molecule has 0 spiro atoms. The summed E-state index contributed by atoms with van der Waals surface area (Å²) in [5, 5.41) is 8.71. The number of aliphatic carboxylic acids is 1. The van der Waals surface area contributed by atoms with Crippen molar-refractivity contribution in [1.82, 2.24) is 9.80 Å². The Hall–Kier alpha value is -0.610. The van der Waals surface area contributed by atoms with Gasteiger partial charge in [-0.3, -0.25) is 4.79 Å². The molecular formula is C14H30N2O2. The first-order valence-corrected chi connectivity index (χ1v) is 7.30. The van der Waals surface area contributed by atoms with Crippen LogP contribution in [0.2, 0.25) is 0 Å². The molecule has 0 unspecified atom stereocenters. The third-order valence-corrected chi connectivity index (χ3v) is 3.27. The van der Waals surface area contributed by atoms with Gasteiger partial charge in [0.05, 0.1) is 6.42 Å². The van der Waals surface area contributed by atoms with Crippen LogP contribution in [-0.2, 0) is 4.79 Å². The van der Waals surface area contributed by atoms with E-state index < -0.39 is 5.97 Å². The Labute approximate surface area is 112 Å². The van der Waals surface area contributed by atoms with Gasteiger partial charge in [-0.2, -0.15) is 0 Å². The summed E-state index contributed by atoms with van der Waals surface area (Å²) in [6.45, 7) is 12.7. The number of hydrogen-bond donors (Lipinski definition) is 1.